The van der Waals surface area contributed by atoms with E-state index in [4.69, 9.17) is 14.2 Å². The zero-order valence-corrected chi connectivity index (χ0v) is 13.3. The van der Waals surface area contributed by atoms with E-state index in [1.807, 2.05) is 0 Å². The number of carbonyl (C=O) groups is 1. The molecule has 1 fully saturated rings. The lowest BCUT2D eigenvalue weighted by atomic mass is 9.99. The van der Waals surface area contributed by atoms with Gasteiger partial charge in [0.25, 0.3) is 0 Å². The smallest absolute Gasteiger partial charge is 0.338 e. The van der Waals surface area contributed by atoms with Gasteiger partial charge in [0, 0.05) is 12.0 Å². The number of hydrogen-bond donors (Lipinski definition) is 1. The van der Waals surface area contributed by atoms with Crippen LogP contribution in [0.25, 0.3) is 5.76 Å². The molecule has 1 atom stereocenters. The molecular weight excluding hydrogens is 340 g/mol. The first-order chi connectivity index (χ1) is 10.1. The number of hydrogen-bond acceptors (Lipinski definition) is 5. The van der Waals surface area contributed by atoms with Crippen LogP contribution in [0.15, 0.2) is 16.6 Å². The molecule has 0 saturated heterocycles. The molecule has 112 valence electrons. The maximum Gasteiger partial charge on any atom is 0.338 e. The summed E-state index contributed by atoms with van der Waals surface area (Å²) >= 11 is 3.39. The van der Waals surface area contributed by atoms with Gasteiger partial charge in [-0.3, -0.25) is 0 Å². The van der Waals surface area contributed by atoms with Gasteiger partial charge in [-0.1, -0.05) is 0 Å². The van der Waals surface area contributed by atoms with E-state index in [1.54, 1.807) is 6.07 Å². The zero-order valence-electron chi connectivity index (χ0n) is 11.7. The maximum atomic E-state index is 12.0. The second-order valence-electron chi connectivity index (χ2n) is 5.11. The molecule has 0 spiro atoms. The van der Waals surface area contributed by atoms with Crippen LogP contribution in [0.5, 0.6) is 11.5 Å². The minimum absolute atomic E-state index is 0.0243. The summed E-state index contributed by atoms with van der Waals surface area (Å²) in [5.41, 5.74) is 0.557. The van der Waals surface area contributed by atoms with Crippen LogP contribution in [0, 0.1) is 5.92 Å². The van der Waals surface area contributed by atoms with Gasteiger partial charge < -0.3 is 19.3 Å². The summed E-state index contributed by atoms with van der Waals surface area (Å²) in [6.45, 7) is 0. The molecule has 1 aliphatic carbocycles. The van der Waals surface area contributed by atoms with Gasteiger partial charge in [-0.25, -0.2) is 4.79 Å². The van der Waals surface area contributed by atoms with Crippen LogP contribution in [-0.2, 0) is 4.74 Å². The van der Waals surface area contributed by atoms with Crippen molar-refractivity contribution >= 4 is 27.7 Å². The van der Waals surface area contributed by atoms with Gasteiger partial charge in [0.1, 0.15) is 23.4 Å². The van der Waals surface area contributed by atoms with Crippen LogP contribution in [0.2, 0.25) is 0 Å². The van der Waals surface area contributed by atoms with Gasteiger partial charge in [0.15, 0.2) is 0 Å². The monoisotopic (exact) mass is 354 g/mol. The Morgan fingerprint density at radius 2 is 2.10 bits per heavy atom. The van der Waals surface area contributed by atoms with Gasteiger partial charge >= 0.3 is 5.97 Å². The summed E-state index contributed by atoms with van der Waals surface area (Å²) in [6, 6.07) is 3.20. The number of fused-ring (bicyclic) bond motifs is 1. The Bertz CT molecular complexity index is 633. The van der Waals surface area contributed by atoms with Crippen LogP contribution < -0.4 is 9.47 Å². The van der Waals surface area contributed by atoms with Gasteiger partial charge in [-0.2, -0.15) is 0 Å². The molecule has 1 heterocycles. The van der Waals surface area contributed by atoms with E-state index in [0.717, 1.165) is 12.8 Å². The van der Waals surface area contributed by atoms with E-state index in [0.29, 0.717) is 27.5 Å². The number of aliphatic hydroxyl groups is 1. The zero-order chi connectivity index (χ0) is 15.1. The second kappa shape index (κ2) is 5.26. The predicted octanol–water partition coefficient (Wildman–Crippen LogP) is 3.27. The molecule has 5 nitrogen and oxygen atoms in total. The molecule has 6 heteroatoms. The maximum absolute atomic E-state index is 12.0. The fourth-order valence-corrected chi connectivity index (χ4v) is 3.13. The summed E-state index contributed by atoms with van der Waals surface area (Å²) in [6.07, 6.45) is 1.92. The number of methoxy groups -OCH3 is 2. The third-order valence-corrected chi connectivity index (χ3v) is 4.56. The molecule has 1 aliphatic heterocycles. The molecule has 1 unspecified atom stereocenters. The van der Waals surface area contributed by atoms with Gasteiger partial charge in [-0.15, -0.1) is 0 Å². The first-order valence-corrected chi connectivity index (χ1v) is 7.42. The highest BCUT2D eigenvalue weighted by Crippen LogP contribution is 2.48. The molecular formula is C15H15BrO5. The number of ether oxygens (including phenoxy) is 3. The number of esters is 1. The fraction of sp³-hybridized carbons (Fsp3) is 0.400. The SMILES string of the molecule is COC(=O)c1cc(OC)cc2c1C(O)=C(Br)C(C1CC1)O2. The first-order valence-electron chi connectivity index (χ1n) is 6.62. The quantitative estimate of drug-likeness (QED) is 0.843. The van der Waals surface area contributed by atoms with E-state index < -0.39 is 5.97 Å². The summed E-state index contributed by atoms with van der Waals surface area (Å²) in [5, 5.41) is 10.5. The van der Waals surface area contributed by atoms with Gasteiger partial charge in [0.05, 0.1) is 29.8 Å². The Labute approximate surface area is 130 Å². The summed E-state index contributed by atoms with van der Waals surface area (Å²) < 4.78 is 16.5. The van der Waals surface area contributed by atoms with Crippen molar-refractivity contribution in [2.45, 2.75) is 18.9 Å². The van der Waals surface area contributed by atoms with Crippen molar-refractivity contribution in [3.05, 3.63) is 27.7 Å². The molecule has 3 rings (SSSR count). The Balaban J connectivity index is 2.16. The van der Waals surface area contributed by atoms with E-state index in [9.17, 15) is 9.90 Å². The highest BCUT2D eigenvalue weighted by atomic mass is 79.9. The summed E-state index contributed by atoms with van der Waals surface area (Å²) in [7, 11) is 2.80. The van der Waals surface area contributed by atoms with E-state index in [2.05, 4.69) is 15.9 Å². The van der Waals surface area contributed by atoms with Gasteiger partial charge in [-0.05, 0) is 34.8 Å². The number of aliphatic hydroxyl groups excluding tert-OH is 1. The Morgan fingerprint density at radius 3 is 2.67 bits per heavy atom. The van der Waals surface area contributed by atoms with Crippen molar-refractivity contribution < 1.29 is 24.1 Å². The third kappa shape index (κ3) is 2.37. The normalized spacial score (nSPS) is 20.6. The number of halogens is 1. The lowest BCUT2D eigenvalue weighted by molar-refractivity contribution is 0.0598. The molecule has 1 saturated carbocycles. The molecule has 2 aliphatic rings. The van der Waals surface area contributed by atoms with E-state index in [-0.39, 0.29) is 17.4 Å². The molecule has 1 aromatic carbocycles. The van der Waals surface area contributed by atoms with Crippen molar-refractivity contribution in [1.29, 1.82) is 0 Å². The topological polar surface area (TPSA) is 65.0 Å². The van der Waals surface area contributed by atoms with E-state index in [1.165, 1.54) is 20.3 Å². The number of rotatable bonds is 3. The van der Waals surface area contributed by atoms with Crippen molar-refractivity contribution in [1.82, 2.24) is 0 Å². The standard InChI is InChI=1S/C15H15BrO5/c1-19-8-5-9(15(18)20-2)11-10(6-8)21-14(7-3-4-7)12(16)13(11)17/h5-7,14,17H,3-4H2,1-2H3. The predicted molar refractivity (Wildman–Crippen MR) is 79.9 cm³/mol. The van der Waals surface area contributed by atoms with Crippen LogP contribution >= 0.6 is 15.9 Å². The first kappa shape index (κ1) is 14.3. The van der Waals surface area contributed by atoms with Crippen LogP contribution in [-0.4, -0.2) is 31.4 Å². The molecule has 1 aromatic rings. The largest absolute Gasteiger partial charge is 0.506 e. The van der Waals surface area contributed by atoms with Crippen molar-refractivity contribution in [2.24, 2.45) is 5.92 Å². The van der Waals surface area contributed by atoms with Crippen LogP contribution in [0.4, 0.5) is 0 Å². The molecule has 0 aromatic heterocycles. The fourth-order valence-electron chi connectivity index (χ4n) is 2.46. The summed E-state index contributed by atoms with van der Waals surface area (Å²) in [4.78, 5) is 12.0. The Hall–Kier alpha value is -1.69. The minimum atomic E-state index is -0.550. The molecule has 0 amide bonds. The van der Waals surface area contributed by atoms with Crippen molar-refractivity contribution in [3.63, 3.8) is 0 Å². The second-order valence-corrected chi connectivity index (χ2v) is 5.97. The highest BCUT2D eigenvalue weighted by molar-refractivity contribution is 9.11. The van der Waals surface area contributed by atoms with Crippen LogP contribution in [0.1, 0.15) is 28.8 Å². The Morgan fingerprint density at radius 1 is 1.38 bits per heavy atom. The van der Waals surface area contributed by atoms with E-state index >= 15 is 0 Å². The lowest BCUT2D eigenvalue weighted by Gasteiger charge is -2.27. The number of benzene rings is 1. The van der Waals surface area contributed by atoms with Gasteiger partial charge in [0.2, 0.25) is 0 Å². The van der Waals surface area contributed by atoms with Crippen molar-refractivity contribution in [3.8, 4) is 11.5 Å². The molecule has 0 radical (unpaired) electrons. The number of carbonyl (C=O) groups excluding carboxylic acids is 1. The molecule has 1 N–H and O–H groups in total. The average Bonchev–Trinajstić information content (AvgIpc) is 3.33. The third-order valence-electron chi connectivity index (χ3n) is 3.73. The average molecular weight is 355 g/mol. The summed E-state index contributed by atoms with van der Waals surface area (Å²) in [5.74, 6) is 0.783. The minimum Gasteiger partial charge on any atom is -0.506 e. The molecule has 21 heavy (non-hydrogen) atoms. The lowest BCUT2D eigenvalue weighted by Crippen LogP contribution is -2.25. The van der Waals surface area contributed by atoms with Crippen molar-refractivity contribution in [2.75, 3.05) is 14.2 Å². The Kier molecular flexibility index (Phi) is 3.57. The molecule has 0 bridgehead atoms. The highest BCUT2D eigenvalue weighted by Gasteiger charge is 2.41. The van der Waals surface area contributed by atoms with Crippen LogP contribution in [0.3, 0.4) is 0 Å².